The Labute approximate surface area is 196 Å². The third-order valence-electron chi connectivity index (χ3n) is 6.38. The smallest absolute Gasteiger partial charge is 0.407 e. The lowest BCUT2D eigenvalue weighted by atomic mass is 9.99. The molecule has 0 saturated carbocycles. The van der Waals surface area contributed by atoms with Crippen molar-refractivity contribution in [2.24, 2.45) is 5.92 Å². The number of likely N-dealkylation sites (N-methyl/N-ethyl adjacent to an activating group) is 1. The fourth-order valence-electron chi connectivity index (χ4n) is 4.52. The lowest BCUT2D eigenvalue weighted by Gasteiger charge is -2.34. The number of fused-ring (bicyclic) bond motifs is 3. The molecule has 0 spiro atoms. The van der Waals surface area contributed by atoms with E-state index < -0.39 is 24.2 Å². The van der Waals surface area contributed by atoms with E-state index in [0.29, 0.717) is 11.2 Å². The van der Waals surface area contributed by atoms with Crippen LogP contribution < -0.4 is 10.2 Å². The highest BCUT2D eigenvalue weighted by molar-refractivity contribution is 6.06. The third kappa shape index (κ3) is 5.15. The van der Waals surface area contributed by atoms with Crippen LogP contribution in [0.2, 0.25) is 0 Å². The number of anilines is 1. The average molecular weight is 478 g/mol. The number of rotatable bonds is 7. The number of carbonyl (C=O) groups is 1. The van der Waals surface area contributed by atoms with Crippen LogP contribution in [0.5, 0.6) is 0 Å². The Morgan fingerprint density at radius 2 is 1.76 bits per heavy atom. The maximum Gasteiger partial charge on any atom is 0.407 e. The number of piperazine rings is 1. The van der Waals surface area contributed by atoms with Crippen LogP contribution in [0.4, 0.5) is 18.9 Å². The predicted octanol–water partition coefficient (Wildman–Crippen LogP) is 5.03. The van der Waals surface area contributed by atoms with E-state index in [0.717, 1.165) is 42.6 Å². The number of hydrogen-bond acceptors (Lipinski definition) is 5. The van der Waals surface area contributed by atoms with E-state index in [9.17, 15) is 23.1 Å². The number of aliphatic carboxylic acids is 1. The van der Waals surface area contributed by atoms with E-state index in [4.69, 9.17) is 4.42 Å². The highest BCUT2D eigenvalue weighted by Crippen LogP contribution is 2.38. The minimum absolute atomic E-state index is 0.0742. The number of carboxylic acid groups (broad SMARTS) is 1. The fraction of sp³-hybridized carbons (Fsp3) is 0.480. The molecule has 2 N–H and O–H groups in total. The van der Waals surface area contributed by atoms with Crippen molar-refractivity contribution in [1.29, 1.82) is 0 Å². The quantitative estimate of drug-likeness (QED) is 0.498. The van der Waals surface area contributed by atoms with Gasteiger partial charge in [0.1, 0.15) is 23.2 Å². The summed E-state index contributed by atoms with van der Waals surface area (Å²) in [6.45, 7) is 7.29. The van der Waals surface area contributed by atoms with Gasteiger partial charge in [0.2, 0.25) is 0 Å². The Morgan fingerprint density at radius 1 is 1.06 bits per heavy atom. The molecule has 0 radical (unpaired) electrons. The monoisotopic (exact) mass is 477 g/mol. The van der Waals surface area contributed by atoms with Gasteiger partial charge in [-0.05, 0) is 49.2 Å². The highest BCUT2D eigenvalue weighted by Gasteiger charge is 2.43. The first-order valence-electron chi connectivity index (χ1n) is 11.5. The molecule has 6 nitrogen and oxygen atoms in total. The van der Waals surface area contributed by atoms with Crippen LogP contribution in [0.25, 0.3) is 21.9 Å². The van der Waals surface area contributed by atoms with Gasteiger partial charge in [0, 0.05) is 42.6 Å². The molecule has 184 valence electrons. The standard InChI is InChI=1S/C25H30F3N3O3/c1-15(2)12-20(24(32)33)29-23(25(26,27)28)16-4-6-18-19-14-17(31-10-8-30(3)9-11-31)5-7-21(19)34-22(18)13-16/h4-7,13-15,20,23,29H,8-12H2,1-3H3,(H,32,33). The Balaban J connectivity index is 1.68. The molecule has 34 heavy (non-hydrogen) atoms. The topological polar surface area (TPSA) is 69.0 Å². The van der Waals surface area contributed by atoms with Gasteiger partial charge in [-0.2, -0.15) is 13.2 Å². The van der Waals surface area contributed by atoms with Crippen LogP contribution in [-0.2, 0) is 4.79 Å². The first kappa shape index (κ1) is 24.3. The second kappa shape index (κ2) is 9.46. The summed E-state index contributed by atoms with van der Waals surface area (Å²) in [7, 11) is 2.09. The SMILES string of the molecule is CC(C)CC(NC(c1ccc2c(c1)oc1ccc(N3CCN(C)CC3)cc12)C(F)(F)F)C(=O)O. The van der Waals surface area contributed by atoms with Crippen molar-refractivity contribution >= 4 is 33.6 Å². The average Bonchev–Trinajstić information content (AvgIpc) is 3.12. The van der Waals surface area contributed by atoms with Gasteiger partial charge in [0.25, 0.3) is 0 Å². The van der Waals surface area contributed by atoms with Gasteiger partial charge < -0.3 is 19.3 Å². The molecule has 4 rings (SSSR count). The molecular weight excluding hydrogens is 447 g/mol. The van der Waals surface area contributed by atoms with Gasteiger partial charge in [0.05, 0.1) is 0 Å². The summed E-state index contributed by atoms with van der Waals surface area (Å²) in [5.74, 6) is -1.38. The second-order valence-electron chi connectivity index (χ2n) is 9.49. The van der Waals surface area contributed by atoms with Crippen LogP contribution in [0.15, 0.2) is 40.8 Å². The Kier molecular flexibility index (Phi) is 6.78. The number of furan rings is 1. The molecule has 1 fully saturated rings. The molecule has 1 aliphatic rings. The van der Waals surface area contributed by atoms with Gasteiger partial charge in [-0.25, -0.2) is 0 Å². The zero-order valence-electron chi connectivity index (χ0n) is 19.5. The van der Waals surface area contributed by atoms with Gasteiger partial charge in [-0.3, -0.25) is 10.1 Å². The number of hydrogen-bond donors (Lipinski definition) is 2. The molecule has 0 amide bonds. The van der Waals surface area contributed by atoms with E-state index in [1.54, 1.807) is 19.9 Å². The van der Waals surface area contributed by atoms with E-state index in [2.05, 4.69) is 22.2 Å². The Bertz CT molecular complexity index is 1170. The molecule has 2 atom stereocenters. The number of carboxylic acids is 1. The van der Waals surface area contributed by atoms with Gasteiger partial charge in [0.15, 0.2) is 0 Å². The first-order chi connectivity index (χ1) is 16.0. The molecule has 1 saturated heterocycles. The number of nitrogens with zero attached hydrogens (tertiary/aromatic N) is 2. The lowest BCUT2D eigenvalue weighted by Crippen LogP contribution is -2.45. The summed E-state index contributed by atoms with van der Waals surface area (Å²) in [5, 5.41) is 13.3. The molecule has 9 heteroatoms. The van der Waals surface area contributed by atoms with Gasteiger partial charge in [-0.1, -0.05) is 26.0 Å². The van der Waals surface area contributed by atoms with Crippen molar-refractivity contribution in [1.82, 2.24) is 10.2 Å². The number of alkyl halides is 3. The molecule has 1 aromatic heterocycles. The van der Waals surface area contributed by atoms with E-state index in [1.165, 1.54) is 12.1 Å². The maximum atomic E-state index is 14.0. The Morgan fingerprint density at radius 3 is 2.38 bits per heavy atom. The van der Waals surface area contributed by atoms with Gasteiger partial charge >= 0.3 is 12.1 Å². The summed E-state index contributed by atoms with van der Waals surface area (Å²) in [4.78, 5) is 16.1. The van der Waals surface area contributed by atoms with E-state index in [1.807, 2.05) is 18.2 Å². The van der Waals surface area contributed by atoms with Crippen LogP contribution in [-0.4, -0.2) is 61.4 Å². The summed E-state index contributed by atoms with van der Waals surface area (Å²) in [6.07, 6.45) is -4.58. The van der Waals surface area contributed by atoms with Crippen LogP contribution in [0, 0.1) is 5.92 Å². The summed E-state index contributed by atoms with van der Waals surface area (Å²) >= 11 is 0. The van der Waals surface area contributed by atoms with Crippen molar-refractivity contribution in [2.75, 3.05) is 38.1 Å². The fourth-order valence-corrected chi connectivity index (χ4v) is 4.52. The van der Waals surface area contributed by atoms with Crippen molar-refractivity contribution in [3.63, 3.8) is 0 Å². The number of halogens is 3. The highest BCUT2D eigenvalue weighted by atomic mass is 19.4. The van der Waals surface area contributed by atoms with Crippen LogP contribution >= 0.6 is 0 Å². The zero-order chi connectivity index (χ0) is 24.6. The van der Waals surface area contributed by atoms with E-state index >= 15 is 0 Å². The molecule has 2 heterocycles. The normalized spacial score (nSPS) is 17.6. The largest absolute Gasteiger partial charge is 0.480 e. The molecular formula is C25H30F3N3O3. The van der Waals surface area contributed by atoms with Crippen molar-refractivity contribution < 1.29 is 27.5 Å². The zero-order valence-corrected chi connectivity index (χ0v) is 19.5. The number of benzene rings is 2. The summed E-state index contributed by atoms with van der Waals surface area (Å²) in [6, 6.07) is 6.81. The summed E-state index contributed by atoms with van der Waals surface area (Å²) in [5.41, 5.74) is 1.92. The summed E-state index contributed by atoms with van der Waals surface area (Å²) < 4.78 is 47.8. The Hall–Kier alpha value is -2.78. The van der Waals surface area contributed by atoms with E-state index in [-0.39, 0.29) is 17.9 Å². The van der Waals surface area contributed by atoms with Crippen molar-refractivity contribution in [2.45, 2.75) is 38.5 Å². The second-order valence-corrected chi connectivity index (χ2v) is 9.49. The van der Waals surface area contributed by atoms with Crippen LogP contribution in [0.1, 0.15) is 31.9 Å². The third-order valence-corrected chi connectivity index (χ3v) is 6.38. The molecule has 2 aromatic carbocycles. The number of nitrogens with one attached hydrogen (secondary N) is 1. The van der Waals surface area contributed by atoms with Crippen molar-refractivity contribution in [3.05, 3.63) is 42.0 Å². The molecule has 3 aromatic rings. The molecule has 2 unspecified atom stereocenters. The molecule has 1 aliphatic heterocycles. The lowest BCUT2D eigenvalue weighted by molar-refractivity contribution is -0.163. The molecule has 0 aliphatic carbocycles. The van der Waals surface area contributed by atoms with Gasteiger partial charge in [-0.15, -0.1) is 0 Å². The van der Waals surface area contributed by atoms with Crippen LogP contribution in [0.3, 0.4) is 0 Å². The predicted molar refractivity (Wildman–Crippen MR) is 126 cm³/mol. The molecule has 0 bridgehead atoms. The maximum absolute atomic E-state index is 14.0. The first-order valence-corrected chi connectivity index (χ1v) is 11.5. The minimum atomic E-state index is -4.67. The van der Waals surface area contributed by atoms with Crippen molar-refractivity contribution in [3.8, 4) is 0 Å². The minimum Gasteiger partial charge on any atom is -0.480 e.